The molecular weight excluding hydrogens is 620 g/mol. The predicted octanol–water partition coefficient (Wildman–Crippen LogP) is 6.18. The van der Waals surface area contributed by atoms with Crippen molar-refractivity contribution in [1.82, 2.24) is 24.4 Å². The van der Waals surface area contributed by atoms with Gasteiger partial charge in [0.1, 0.15) is 6.54 Å². The fourth-order valence-electron chi connectivity index (χ4n) is 4.48. The van der Waals surface area contributed by atoms with E-state index in [9.17, 15) is 18.4 Å². The van der Waals surface area contributed by atoms with Gasteiger partial charge in [0, 0.05) is 54.9 Å². The first kappa shape index (κ1) is 31.8. The Morgan fingerprint density at radius 1 is 0.933 bits per heavy atom. The number of benzene rings is 3. The van der Waals surface area contributed by atoms with Gasteiger partial charge in [0.15, 0.2) is 16.8 Å². The maximum absolute atomic E-state index is 13.8. The van der Waals surface area contributed by atoms with E-state index in [1.54, 1.807) is 35.1 Å². The molecule has 2 aromatic heterocycles. The Morgan fingerprint density at radius 2 is 1.58 bits per heavy atom. The van der Waals surface area contributed by atoms with E-state index < -0.39 is 17.2 Å². The first-order chi connectivity index (χ1) is 21.7. The van der Waals surface area contributed by atoms with Crippen molar-refractivity contribution in [2.24, 2.45) is 0 Å². The molecule has 0 radical (unpaired) electrons. The average molecular weight is 648 g/mol. The minimum absolute atomic E-state index is 0.0984. The summed E-state index contributed by atoms with van der Waals surface area (Å²) in [4.78, 5) is 40.5. The molecular formula is C33H28ClF2N5O3S. The van der Waals surface area contributed by atoms with Crippen LogP contribution in [0.5, 0.6) is 6.01 Å². The third-order valence-corrected chi connectivity index (χ3v) is 8.24. The second-order valence-corrected chi connectivity index (χ2v) is 11.6. The number of aromatic nitrogens is 4. The van der Waals surface area contributed by atoms with Gasteiger partial charge in [-0.05, 0) is 52.1 Å². The molecule has 0 bridgehead atoms. The van der Waals surface area contributed by atoms with Crippen molar-refractivity contribution in [2.45, 2.75) is 30.4 Å². The van der Waals surface area contributed by atoms with Gasteiger partial charge in [-0.1, -0.05) is 65.8 Å². The van der Waals surface area contributed by atoms with Gasteiger partial charge in [-0.25, -0.2) is 18.7 Å². The lowest BCUT2D eigenvalue weighted by Gasteiger charge is -2.20. The molecule has 12 heteroatoms. The number of halogens is 3. The Balaban J connectivity index is 1.34. The highest BCUT2D eigenvalue weighted by Crippen LogP contribution is 2.24. The van der Waals surface area contributed by atoms with Gasteiger partial charge in [0.25, 0.3) is 5.56 Å². The Kier molecular flexibility index (Phi) is 10.2. The number of ether oxygens (including phenoxy) is 1. The summed E-state index contributed by atoms with van der Waals surface area (Å²) < 4.78 is 33.8. The van der Waals surface area contributed by atoms with E-state index in [0.29, 0.717) is 28.3 Å². The van der Waals surface area contributed by atoms with Gasteiger partial charge >= 0.3 is 6.01 Å². The second-order valence-electron chi connectivity index (χ2n) is 10.2. The third-order valence-electron chi connectivity index (χ3n) is 6.92. The van der Waals surface area contributed by atoms with Gasteiger partial charge < -0.3 is 14.2 Å². The Bertz CT molecular complexity index is 1850. The maximum atomic E-state index is 13.8. The van der Waals surface area contributed by atoms with Gasteiger partial charge in [-0.2, -0.15) is 4.98 Å². The van der Waals surface area contributed by atoms with Crippen LogP contribution in [0.4, 0.5) is 8.78 Å². The lowest BCUT2D eigenvalue weighted by molar-refractivity contribution is -0.131. The zero-order valence-corrected chi connectivity index (χ0v) is 26.0. The molecule has 0 aliphatic rings. The minimum atomic E-state index is -0.964. The van der Waals surface area contributed by atoms with Crippen LogP contribution in [0.3, 0.4) is 0 Å². The van der Waals surface area contributed by atoms with Crippen molar-refractivity contribution in [3.8, 4) is 17.1 Å². The largest absolute Gasteiger partial charge is 0.467 e. The molecule has 230 valence electrons. The Hall–Kier alpha value is -4.61. The van der Waals surface area contributed by atoms with Crippen LogP contribution in [-0.4, -0.2) is 44.5 Å². The molecule has 0 N–H and O–H groups in total. The fourth-order valence-corrected chi connectivity index (χ4v) is 5.51. The quantitative estimate of drug-likeness (QED) is 0.125. The van der Waals surface area contributed by atoms with Gasteiger partial charge in [0.05, 0.1) is 7.11 Å². The molecule has 0 aliphatic carbocycles. The highest BCUT2D eigenvalue weighted by atomic mass is 35.5. The van der Waals surface area contributed by atoms with E-state index in [0.717, 1.165) is 40.6 Å². The van der Waals surface area contributed by atoms with Gasteiger partial charge in [-0.15, -0.1) is 0 Å². The summed E-state index contributed by atoms with van der Waals surface area (Å²) in [5.41, 5.74) is 4.03. The molecule has 5 aromatic rings. The van der Waals surface area contributed by atoms with Crippen molar-refractivity contribution < 1.29 is 18.3 Å². The number of methoxy groups -OCH3 is 1. The van der Waals surface area contributed by atoms with E-state index in [1.165, 1.54) is 13.2 Å². The van der Waals surface area contributed by atoms with Crippen LogP contribution < -0.4 is 10.3 Å². The molecule has 5 rings (SSSR count). The summed E-state index contributed by atoms with van der Waals surface area (Å²) in [5, 5.41) is 0.940. The van der Waals surface area contributed by atoms with E-state index in [4.69, 9.17) is 16.3 Å². The predicted molar refractivity (Wildman–Crippen MR) is 169 cm³/mol. The smallest absolute Gasteiger partial charge is 0.316 e. The third kappa shape index (κ3) is 8.31. The summed E-state index contributed by atoms with van der Waals surface area (Å²) in [5.74, 6) is -1.91. The van der Waals surface area contributed by atoms with Gasteiger partial charge in [0.2, 0.25) is 5.91 Å². The molecule has 0 spiro atoms. The van der Waals surface area contributed by atoms with Crippen molar-refractivity contribution >= 4 is 29.3 Å². The number of hydrogen-bond donors (Lipinski definition) is 0. The molecule has 45 heavy (non-hydrogen) atoms. The summed E-state index contributed by atoms with van der Waals surface area (Å²) in [6, 6.07) is 19.3. The highest BCUT2D eigenvalue weighted by molar-refractivity contribution is 7.98. The number of rotatable bonds is 11. The molecule has 2 heterocycles. The van der Waals surface area contributed by atoms with Crippen LogP contribution in [0, 0.1) is 11.6 Å². The zero-order valence-electron chi connectivity index (χ0n) is 24.4. The highest BCUT2D eigenvalue weighted by Gasteiger charge is 2.17. The lowest BCUT2D eigenvalue weighted by Crippen LogP contribution is -2.31. The van der Waals surface area contributed by atoms with Crippen molar-refractivity contribution in [2.75, 3.05) is 14.2 Å². The van der Waals surface area contributed by atoms with Crippen LogP contribution in [-0.2, 0) is 30.1 Å². The SMILES string of the molecule is COc1ncc(Cc2cn(CC(=O)N(C)Cc3ccc(-c4ccc(Cl)cc4)cc3)c(SCc3ccc(F)c(F)c3)nc2=O)cn1. The topological polar surface area (TPSA) is 90.2 Å². The van der Waals surface area contributed by atoms with Gasteiger partial charge in [-0.3, -0.25) is 9.59 Å². The van der Waals surface area contributed by atoms with E-state index in [-0.39, 0.29) is 35.8 Å². The number of hydrogen-bond acceptors (Lipinski definition) is 7. The molecule has 1 amide bonds. The van der Waals surface area contributed by atoms with E-state index in [2.05, 4.69) is 15.0 Å². The molecule has 0 saturated carbocycles. The second kappa shape index (κ2) is 14.4. The molecule has 3 aromatic carbocycles. The summed E-state index contributed by atoms with van der Waals surface area (Å²) in [6.45, 7) is 0.263. The number of thioether (sulfide) groups is 1. The van der Waals surface area contributed by atoms with Crippen molar-refractivity contribution in [3.63, 3.8) is 0 Å². The number of nitrogens with zero attached hydrogens (tertiary/aromatic N) is 5. The van der Waals surface area contributed by atoms with E-state index in [1.807, 2.05) is 48.5 Å². The lowest BCUT2D eigenvalue weighted by atomic mass is 10.0. The summed E-state index contributed by atoms with van der Waals surface area (Å²) in [6.07, 6.45) is 4.89. The number of carbonyl (C=O) groups is 1. The first-order valence-electron chi connectivity index (χ1n) is 13.8. The number of likely N-dealkylation sites (N-methyl/N-ethyl adjacent to an activating group) is 1. The molecule has 8 nitrogen and oxygen atoms in total. The molecule has 0 atom stereocenters. The monoisotopic (exact) mass is 647 g/mol. The first-order valence-corrected chi connectivity index (χ1v) is 15.2. The Morgan fingerprint density at radius 3 is 2.22 bits per heavy atom. The standard InChI is InChI=1S/C33H28ClF2N5O3S/c1-40(17-21-3-6-24(7-4-21)25-8-10-27(34)11-9-25)30(42)19-41-18-26(13-23-15-37-32(44-2)38-16-23)31(43)39-33(41)45-20-22-5-12-28(35)29(36)14-22/h3-12,14-16,18H,13,17,19-20H2,1-2H3. The van der Waals surface area contributed by atoms with Crippen molar-refractivity contribution in [1.29, 1.82) is 0 Å². The number of carbonyl (C=O) groups excluding carboxylic acids is 1. The van der Waals surface area contributed by atoms with E-state index >= 15 is 0 Å². The van der Waals surface area contributed by atoms with Crippen LogP contribution in [0.2, 0.25) is 5.02 Å². The molecule has 0 aliphatic heterocycles. The zero-order chi connectivity index (χ0) is 31.9. The maximum Gasteiger partial charge on any atom is 0.316 e. The minimum Gasteiger partial charge on any atom is -0.467 e. The molecule has 0 fully saturated rings. The molecule has 0 saturated heterocycles. The van der Waals surface area contributed by atoms with Crippen LogP contribution >= 0.6 is 23.4 Å². The van der Waals surface area contributed by atoms with Crippen LogP contribution in [0.25, 0.3) is 11.1 Å². The summed E-state index contributed by atoms with van der Waals surface area (Å²) in [7, 11) is 3.16. The summed E-state index contributed by atoms with van der Waals surface area (Å²) >= 11 is 7.15. The van der Waals surface area contributed by atoms with Crippen LogP contribution in [0.15, 0.2) is 95.3 Å². The average Bonchev–Trinajstić information content (AvgIpc) is 3.04. The fraction of sp³-hybridized carbons (Fsp3) is 0.182. The van der Waals surface area contributed by atoms with Crippen LogP contribution in [0.1, 0.15) is 22.3 Å². The normalized spacial score (nSPS) is 11.0. The number of amides is 1. The van der Waals surface area contributed by atoms with Crippen molar-refractivity contribution in [3.05, 3.63) is 135 Å². The molecule has 0 unspecified atom stereocenters. The Labute approximate surface area is 267 Å².